The molecule has 6 heteroatoms. The molecule has 5 nitrogen and oxygen atoms in total. The third-order valence-electron chi connectivity index (χ3n) is 3.16. The van der Waals surface area contributed by atoms with E-state index < -0.39 is 0 Å². The van der Waals surface area contributed by atoms with E-state index in [2.05, 4.69) is 15.6 Å². The Labute approximate surface area is 133 Å². The molecule has 2 aromatic rings. The number of rotatable bonds is 5. The second-order valence-corrected chi connectivity index (χ2v) is 6.26. The third kappa shape index (κ3) is 4.14. The highest BCUT2D eigenvalue weighted by atomic mass is 32.1. The molecule has 0 aliphatic rings. The maximum absolute atomic E-state index is 11.9. The van der Waals surface area contributed by atoms with Gasteiger partial charge in [-0.1, -0.05) is 18.2 Å². The lowest BCUT2D eigenvalue weighted by Crippen LogP contribution is -2.38. The Morgan fingerprint density at radius 1 is 1.23 bits per heavy atom. The zero-order valence-electron chi connectivity index (χ0n) is 12.8. The third-order valence-corrected chi connectivity index (χ3v) is 4.41. The van der Waals surface area contributed by atoms with Gasteiger partial charge in [0, 0.05) is 10.4 Å². The number of nitrogens with zero attached hydrogens (tertiary/aromatic N) is 1. The fourth-order valence-corrected chi connectivity index (χ4v) is 3.09. The molecule has 116 valence electrons. The fourth-order valence-electron chi connectivity index (χ4n) is 2.16. The molecule has 1 unspecified atom stereocenters. The number of hydrogen-bond acceptors (Lipinski definition) is 4. The van der Waals surface area contributed by atoms with Crippen molar-refractivity contribution in [3.8, 4) is 0 Å². The van der Waals surface area contributed by atoms with Crippen molar-refractivity contribution in [2.75, 3.05) is 6.54 Å². The number of nitrogens with one attached hydrogen (secondary N) is 2. The lowest BCUT2D eigenvalue weighted by atomic mass is 10.2. The molecule has 22 heavy (non-hydrogen) atoms. The quantitative estimate of drug-likeness (QED) is 0.889. The minimum atomic E-state index is -0.256. The van der Waals surface area contributed by atoms with Crippen LogP contribution in [0.25, 0.3) is 0 Å². The van der Waals surface area contributed by atoms with Crippen molar-refractivity contribution in [1.29, 1.82) is 0 Å². The molecule has 2 rings (SSSR count). The molecule has 0 saturated carbocycles. The number of aromatic nitrogens is 1. The molecule has 1 aromatic carbocycles. The molecule has 0 saturated heterocycles. The maximum atomic E-state index is 11.9. The summed E-state index contributed by atoms with van der Waals surface area (Å²) in [5.74, 6) is -0.476. The molecule has 0 aliphatic heterocycles. The predicted octanol–water partition coefficient (Wildman–Crippen LogP) is 2.37. The summed E-state index contributed by atoms with van der Waals surface area (Å²) >= 11 is 1.57. The van der Waals surface area contributed by atoms with Gasteiger partial charge in [0.25, 0.3) is 5.91 Å². The van der Waals surface area contributed by atoms with Crippen LogP contribution in [0.15, 0.2) is 30.3 Å². The molecule has 0 aliphatic carbocycles. The second kappa shape index (κ2) is 7.17. The van der Waals surface area contributed by atoms with Gasteiger partial charge in [-0.3, -0.25) is 9.59 Å². The first-order chi connectivity index (χ1) is 10.5. The lowest BCUT2D eigenvalue weighted by Gasteiger charge is -2.13. The zero-order valence-corrected chi connectivity index (χ0v) is 13.7. The summed E-state index contributed by atoms with van der Waals surface area (Å²) in [5.41, 5.74) is 1.47. The summed E-state index contributed by atoms with van der Waals surface area (Å²) in [7, 11) is 0. The van der Waals surface area contributed by atoms with Crippen LogP contribution in [-0.4, -0.2) is 23.3 Å². The Bertz CT molecular complexity index is 667. The number of carbonyl (C=O) groups is 2. The lowest BCUT2D eigenvalue weighted by molar-refractivity contribution is -0.120. The number of hydrogen-bond donors (Lipinski definition) is 2. The van der Waals surface area contributed by atoms with Crippen molar-refractivity contribution in [2.24, 2.45) is 0 Å². The van der Waals surface area contributed by atoms with Crippen LogP contribution in [0.4, 0.5) is 0 Å². The monoisotopic (exact) mass is 317 g/mol. The molecule has 0 fully saturated rings. The van der Waals surface area contributed by atoms with Gasteiger partial charge in [-0.2, -0.15) is 0 Å². The van der Waals surface area contributed by atoms with Crippen LogP contribution in [0.5, 0.6) is 0 Å². The van der Waals surface area contributed by atoms with Gasteiger partial charge in [0.2, 0.25) is 5.91 Å². The van der Waals surface area contributed by atoms with E-state index >= 15 is 0 Å². The van der Waals surface area contributed by atoms with Gasteiger partial charge in [0.1, 0.15) is 0 Å². The average Bonchev–Trinajstić information content (AvgIpc) is 2.84. The number of benzene rings is 1. The normalized spacial score (nSPS) is 11.8. The Kier molecular flexibility index (Phi) is 5.27. The minimum Gasteiger partial charge on any atom is -0.347 e. The van der Waals surface area contributed by atoms with E-state index in [1.54, 1.807) is 35.6 Å². The first kappa shape index (κ1) is 16.2. The zero-order chi connectivity index (χ0) is 16.1. The molecular formula is C16H19N3O2S. The first-order valence-electron chi connectivity index (χ1n) is 7.04. The Hall–Kier alpha value is -2.21. The topological polar surface area (TPSA) is 71.1 Å². The van der Waals surface area contributed by atoms with Crippen molar-refractivity contribution in [1.82, 2.24) is 15.6 Å². The summed E-state index contributed by atoms with van der Waals surface area (Å²) in [5, 5.41) is 6.46. The van der Waals surface area contributed by atoms with E-state index in [0.29, 0.717) is 5.56 Å². The van der Waals surface area contributed by atoms with E-state index in [1.807, 2.05) is 26.8 Å². The summed E-state index contributed by atoms with van der Waals surface area (Å²) < 4.78 is 0. The second-order valence-electron chi connectivity index (χ2n) is 5.02. The van der Waals surface area contributed by atoms with E-state index in [4.69, 9.17) is 0 Å². The van der Waals surface area contributed by atoms with E-state index in [-0.39, 0.29) is 24.4 Å². The maximum Gasteiger partial charge on any atom is 0.251 e. The Morgan fingerprint density at radius 3 is 2.50 bits per heavy atom. The number of aryl methyl sites for hydroxylation is 2. The van der Waals surface area contributed by atoms with Crippen LogP contribution in [0.1, 0.15) is 38.9 Å². The summed E-state index contributed by atoms with van der Waals surface area (Å²) in [4.78, 5) is 29.2. The van der Waals surface area contributed by atoms with Gasteiger partial charge in [0.15, 0.2) is 0 Å². The number of amides is 2. The molecule has 1 heterocycles. The SMILES string of the molecule is Cc1nc(C)c(C(C)NC(=O)CNC(=O)c2ccccc2)s1. The van der Waals surface area contributed by atoms with Crippen LogP contribution in [0.3, 0.4) is 0 Å². The highest BCUT2D eigenvalue weighted by Gasteiger charge is 2.15. The van der Waals surface area contributed by atoms with E-state index in [0.717, 1.165) is 15.6 Å². The van der Waals surface area contributed by atoms with Crippen molar-refractivity contribution in [2.45, 2.75) is 26.8 Å². The molecule has 0 spiro atoms. The highest BCUT2D eigenvalue weighted by molar-refractivity contribution is 7.11. The highest BCUT2D eigenvalue weighted by Crippen LogP contribution is 2.24. The van der Waals surface area contributed by atoms with Gasteiger partial charge < -0.3 is 10.6 Å². The Balaban J connectivity index is 1.85. The van der Waals surface area contributed by atoms with Crippen LogP contribution in [0, 0.1) is 13.8 Å². The van der Waals surface area contributed by atoms with Gasteiger partial charge in [-0.25, -0.2) is 4.98 Å². The molecule has 1 aromatic heterocycles. The van der Waals surface area contributed by atoms with Gasteiger partial charge in [-0.05, 0) is 32.9 Å². The Morgan fingerprint density at radius 2 is 1.91 bits per heavy atom. The smallest absolute Gasteiger partial charge is 0.251 e. The molecule has 0 bridgehead atoms. The van der Waals surface area contributed by atoms with Crippen LogP contribution < -0.4 is 10.6 Å². The molecule has 0 radical (unpaired) electrons. The van der Waals surface area contributed by atoms with E-state index in [1.165, 1.54) is 0 Å². The largest absolute Gasteiger partial charge is 0.347 e. The molecule has 1 atom stereocenters. The first-order valence-corrected chi connectivity index (χ1v) is 7.85. The van der Waals surface area contributed by atoms with Crippen molar-refractivity contribution >= 4 is 23.2 Å². The molecular weight excluding hydrogens is 298 g/mol. The van der Waals surface area contributed by atoms with Gasteiger partial charge in [-0.15, -0.1) is 11.3 Å². The van der Waals surface area contributed by atoms with Gasteiger partial charge in [0.05, 0.1) is 23.3 Å². The fraction of sp³-hybridized carbons (Fsp3) is 0.312. The average molecular weight is 317 g/mol. The molecule has 2 N–H and O–H groups in total. The van der Waals surface area contributed by atoms with Crippen LogP contribution in [0.2, 0.25) is 0 Å². The van der Waals surface area contributed by atoms with Crippen molar-refractivity contribution in [3.63, 3.8) is 0 Å². The molecule has 2 amide bonds. The number of thiazole rings is 1. The van der Waals surface area contributed by atoms with Gasteiger partial charge >= 0.3 is 0 Å². The summed E-state index contributed by atoms with van der Waals surface area (Å²) in [6.45, 7) is 5.74. The van der Waals surface area contributed by atoms with Crippen molar-refractivity contribution in [3.05, 3.63) is 51.5 Å². The van der Waals surface area contributed by atoms with E-state index in [9.17, 15) is 9.59 Å². The number of carbonyl (C=O) groups excluding carboxylic acids is 2. The van der Waals surface area contributed by atoms with Crippen LogP contribution >= 0.6 is 11.3 Å². The minimum absolute atomic E-state index is 0.0467. The van der Waals surface area contributed by atoms with Crippen molar-refractivity contribution < 1.29 is 9.59 Å². The standard InChI is InChI=1S/C16H19N3O2S/c1-10-15(22-12(3)18-10)11(2)19-14(20)9-17-16(21)13-7-5-4-6-8-13/h4-8,11H,9H2,1-3H3,(H,17,21)(H,19,20). The van der Waals surface area contributed by atoms with Crippen LogP contribution in [-0.2, 0) is 4.79 Å². The summed E-state index contributed by atoms with van der Waals surface area (Å²) in [6, 6.07) is 8.70. The summed E-state index contributed by atoms with van der Waals surface area (Å²) in [6.07, 6.45) is 0. The predicted molar refractivity (Wildman–Crippen MR) is 86.9 cm³/mol.